The molecule has 1 aliphatic heterocycles. The minimum Gasteiger partial charge on any atom is -0.383 e. The van der Waals surface area contributed by atoms with Gasteiger partial charge in [0.15, 0.2) is 0 Å². The first-order valence-corrected chi connectivity index (χ1v) is 7.22. The molecule has 0 saturated carbocycles. The number of nitrogens with one attached hydrogen (secondary N) is 1. The van der Waals surface area contributed by atoms with Crippen molar-refractivity contribution in [2.45, 2.75) is 26.3 Å². The molecular weight excluding hydrogens is 280 g/mol. The Bertz CT molecular complexity index is 505. The molecule has 0 radical (unpaired) electrons. The topological polar surface area (TPSA) is 84.4 Å². The summed E-state index contributed by atoms with van der Waals surface area (Å²) in [5.41, 5.74) is 0. The Labute approximate surface area is 121 Å². The number of anilines is 1. The number of nitrogens with zero attached hydrogens (tertiary/aromatic N) is 3. The van der Waals surface area contributed by atoms with Gasteiger partial charge in [-0.1, -0.05) is 11.3 Å². The second-order valence-electron chi connectivity index (χ2n) is 4.87. The van der Waals surface area contributed by atoms with Crippen molar-refractivity contribution in [1.82, 2.24) is 15.1 Å². The van der Waals surface area contributed by atoms with E-state index in [-0.39, 0.29) is 30.2 Å². The Morgan fingerprint density at radius 1 is 1.60 bits per heavy atom. The maximum atomic E-state index is 12.1. The van der Waals surface area contributed by atoms with Crippen molar-refractivity contribution in [2.75, 3.05) is 25.6 Å². The van der Waals surface area contributed by atoms with E-state index in [4.69, 9.17) is 4.74 Å². The van der Waals surface area contributed by atoms with E-state index in [9.17, 15) is 9.59 Å². The van der Waals surface area contributed by atoms with Gasteiger partial charge in [0.05, 0.1) is 18.6 Å². The third-order valence-corrected chi connectivity index (χ3v) is 3.98. The van der Waals surface area contributed by atoms with Crippen LogP contribution in [-0.4, -0.2) is 53.2 Å². The Kier molecular flexibility index (Phi) is 4.66. The number of amides is 2. The SMILES string of the molecule is COC[C@@H](C)N1C[C@H](C(=O)Nc2nnc(C)s2)CC1=O. The summed E-state index contributed by atoms with van der Waals surface area (Å²) in [4.78, 5) is 25.7. The third-order valence-electron chi connectivity index (χ3n) is 3.23. The maximum absolute atomic E-state index is 12.1. The van der Waals surface area contributed by atoms with Gasteiger partial charge in [0.1, 0.15) is 5.01 Å². The van der Waals surface area contributed by atoms with Crippen LogP contribution in [0.3, 0.4) is 0 Å². The number of aryl methyl sites for hydroxylation is 1. The summed E-state index contributed by atoms with van der Waals surface area (Å²) in [6.45, 7) is 4.62. The molecule has 2 rings (SSSR count). The van der Waals surface area contributed by atoms with Gasteiger partial charge >= 0.3 is 0 Å². The number of aromatic nitrogens is 2. The van der Waals surface area contributed by atoms with Crippen molar-refractivity contribution in [2.24, 2.45) is 5.92 Å². The highest BCUT2D eigenvalue weighted by Crippen LogP contribution is 2.23. The molecule has 0 aromatic carbocycles. The average molecular weight is 298 g/mol. The lowest BCUT2D eigenvalue weighted by Gasteiger charge is -2.23. The lowest BCUT2D eigenvalue weighted by molar-refractivity contribution is -0.130. The third kappa shape index (κ3) is 3.31. The van der Waals surface area contributed by atoms with Crippen LogP contribution in [0.5, 0.6) is 0 Å². The van der Waals surface area contributed by atoms with Crippen LogP contribution < -0.4 is 5.32 Å². The second-order valence-corrected chi connectivity index (χ2v) is 6.05. The number of methoxy groups -OCH3 is 1. The average Bonchev–Trinajstić information content (AvgIpc) is 2.96. The second kappa shape index (κ2) is 6.27. The summed E-state index contributed by atoms with van der Waals surface area (Å²) in [5, 5.41) is 11.7. The molecule has 1 aromatic rings. The quantitative estimate of drug-likeness (QED) is 0.863. The molecule has 110 valence electrons. The summed E-state index contributed by atoms with van der Waals surface area (Å²) < 4.78 is 5.05. The van der Waals surface area contributed by atoms with E-state index in [2.05, 4.69) is 15.5 Å². The van der Waals surface area contributed by atoms with E-state index in [0.29, 0.717) is 18.3 Å². The number of carbonyl (C=O) groups excluding carboxylic acids is 2. The highest BCUT2D eigenvalue weighted by Gasteiger charge is 2.36. The fourth-order valence-electron chi connectivity index (χ4n) is 2.22. The van der Waals surface area contributed by atoms with E-state index in [0.717, 1.165) is 5.01 Å². The summed E-state index contributed by atoms with van der Waals surface area (Å²) >= 11 is 1.32. The minimum absolute atomic E-state index is 0.0110. The lowest BCUT2D eigenvalue weighted by atomic mass is 10.1. The van der Waals surface area contributed by atoms with Gasteiger partial charge in [0.2, 0.25) is 16.9 Å². The van der Waals surface area contributed by atoms with Gasteiger partial charge in [0.25, 0.3) is 0 Å². The first-order valence-electron chi connectivity index (χ1n) is 6.40. The van der Waals surface area contributed by atoms with Gasteiger partial charge in [0, 0.05) is 20.1 Å². The van der Waals surface area contributed by atoms with Gasteiger partial charge in [-0.2, -0.15) is 0 Å². The Morgan fingerprint density at radius 2 is 2.35 bits per heavy atom. The molecule has 8 heteroatoms. The number of carbonyl (C=O) groups is 2. The van der Waals surface area contributed by atoms with Crippen molar-refractivity contribution in [3.05, 3.63) is 5.01 Å². The minimum atomic E-state index is -0.342. The highest BCUT2D eigenvalue weighted by molar-refractivity contribution is 7.15. The van der Waals surface area contributed by atoms with Gasteiger partial charge in [-0.15, -0.1) is 10.2 Å². The molecule has 1 aliphatic rings. The number of hydrogen-bond donors (Lipinski definition) is 1. The van der Waals surface area contributed by atoms with Gasteiger partial charge < -0.3 is 15.0 Å². The van der Waals surface area contributed by atoms with Crippen molar-refractivity contribution in [3.63, 3.8) is 0 Å². The molecular formula is C12H18N4O3S. The van der Waals surface area contributed by atoms with Crippen LogP contribution in [0.4, 0.5) is 5.13 Å². The van der Waals surface area contributed by atoms with Crippen molar-refractivity contribution in [3.8, 4) is 0 Å². The fourth-order valence-corrected chi connectivity index (χ4v) is 2.81. The molecule has 2 heterocycles. The number of ether oxygens (including phenoxy) is 1. The van der Waals surface area contributed by atoms with Crippen LogP contribution in [0.2, 0.25) is 0 Å². The van der Waals surface area contributed by atoms with Gasteiger partial charge in [-0.3, -0.25) is 9.59 Å². The normalized spacial score (nSPS) is 20.2. The number of rotatable bonds is 5. The monoisotopic (exact) mass is 298 g/mol. The Hall–Kier alpha value is -1.54. The molecule has 2 atom stereocenters. The molecule has 1 saturated heterocycles. The molecule has 20 heavy (non-hydrogen) atoms. The highest BCUT2D eigenvalue weighted by atomic mass is 32.1. The molecule has 1 N–H and O–H groups in total. The predicted octanol–water partition coefficient (Wildman–Crippen LogP) is 0.668. The molecule has 7 nitrogen and oxygen atoms in total. The van der Waals surface area contributed by atoms with Crippen molar-refractivity contribution < 1.29 is 14.3 Å². The zero-order valence-electron chi connectivity index (χ0n) is 11.8. The largest absolute Gasteiger partial charge is 0.383 e. The Balaban J connectivity index is 1.94. The molecule has 1 aromatic heterocycles. The van der Waals surface area contributed by atoms with E-state index < -0.39 is 0 Å². The molecule has 1 fully saturated rings. The molecule has 0 bridgehead atoms. The summed E-state index contributed by atoms with van der Waals surface area (Å²) in [7, 11) is 1.60. The summed E-state index contributed by atoms with van der Waals surface area (Å²) in [6.07, 6.45) is 0.234. The first-order chi connectivity index (χ1) is 9.51. The van der Waals surface area contributed by atoms with Crippen LogP contribution in [0.1, 0.15) is 18.4 Å². The molecule has 2 amide bonds. The first kappa shape index (κ1) is 14.9. The fraction of sp³-hybridized carbons (Fsp3) is 0.667. The smallest absolute Gasteiger partial charge is 0.231 e. The number of hydrogen-bond acceptors (Lipinski definition) is 6. The van der Waals surface area contributed by atoms with E-state index in [1.54, 1.807) is 12.0 Å². The zero-order valence-corrected chi connectivity index (χ0v) is 12.6. The number of likely N-dealkylation sites (tertiary alicyclic amines) is 1. The Morgan fingerprint density at radius 3 is 2.95 bits per heavy atom. The predicted molar refractivity (Wildman–Crippen MR) is 74.4 cm³/mol. The zero-order chi connectivity index (χ0) is 14.7. The maximum Gasteiger partial charge on any atom is 0.231 e. The summed E-state index contributed by atoms with van der Waals surface area (Å²) in [6, 6.07) is -0.0194. The van der Waals surface area contributed by atoms with E-state index in [1.807, 2.05) is 13.8 Å². The van der Waals surface area contributed by atoms with E-state index in [1.165, 1.54) is 11.3 Å². The summed E-state index contributed by atoms with van der Waals surface area (Å²) in [5.74, 6) is -0.532. The molecule has 0 aliphatic carbocycles. The lowest BCUT2D eigenvalue weighted by Crippen LogP contribution is -2.38. The standard InChI is InChI=1S/C12H18N4O3S/c1-7(6-19-3)16-5-9(4-10(16)17)11(18)13-12-15-14-8(2)20-12/h7,9H,4-6H2,1-3H3,(H,13,15,18)/t7-,9-/m1/s1. The van der Waals surface area contributed by atoms with Gasteiger partial charge in [-0.05, 0) is 13.8 Å². The van der Waals surface area contributed by atoms with Crippen LogP contribution in [0, 0.1) is 12.8 Å². The molecule has 0 unspecified atom stereocenters. The van der Waals surface area contributed by atoms with Crippen molar-refractivity contribution >= 4 is 28.3 Å². The van der Waals surface area contributed by atoms with Crippen LogP contribution >= 0.6 is 11.3 Å². The van der Waals surface area contributed by atoms with Gasteiger partial charge in [-0.25, -0.2) is 0 Å². The molecule has 0 spiro atoms. The van der Waals surface area contributed by atoms with Crippen LogP contribution in [0.25, 0.3) is 0 Å². The van der Waals surface area contributed by atoms with E-state index >= 15 is 0 Å². The van der Waals surface area contributed by atoms with Crippen molar-refractivity contribution in [1.29, 1.82) is 0 Å². The van der Waals surface area contributed by atoms with Crippen LogP contribution in [-0.2, 0) is 14.3 Å². The van der Waals surface area contributed by atoms with Crippen LogP contribution in [0.15, 0.2) is 0 Å².